The maximum atomic E-state index is 13.8. The molecule has 0 bridgehead atoms. The van der Waals surface area contributed by atoms with Crippen LogP contribution in [0.4, 0.5) is 4.79 Å². The molecule has 0 aliphatic rings. The van der Waals surface area contributed by atoms with Crippen molar-refractivity contribution < 1.29 is 89.5 Å². The van der Waals surface area contributed by atoms with Crippen LogP contribution in [0.15, 0.2) is 24.3 Å². The molecule has 4 unspecified atom stereocenters. The number of hydrogen-bond donors (Lipinski definition) is 6. The number of hydrogen-bond acceptors (Lipinski definition) is 17. The second kappa shape index (κ2) is 75.8. The lowest BCUT2D eigenvalue weighted by Crippen LogP contribution is -2.43. The van der Waals surface area contributed by atoms with Gasteiger partial charge in [0.15, 0.2) is 0 Å². The van der Waals surface area contributed by atoms with Gasteiger partial charge in [0.2, 0.25) is 11.8 Å². The van der Waals surface area contributed by atoms with E-state index >= 15 is 0 Å². The van der Waals surface area contributed by atoms with Crippen LogP contribution in [-0.4, -0.2) is 141 Å². The molecule has 0 saturated carbocycles. The molecule has 6 N–H and O–H groups in total. The van der Waals surface area contributed by atoms with Crippen LogP contribution in [0.2, 0.25) is 0 Å². The number of ether oxygens (including phenoxy) is 4. The predicted octanol–water partition coefficient (Wildman–Crippen LogP) is 20.0. The van der Waals surface area contributed by atoms with E-state index in [4.69, 9.17) is 37.0 Å². The Hall–Kier alpha value is -3.89. The number of unbranched alkanes of at least 4 members (excludes halogenated alkanes) is 34. The number of esters is 2. The minimum Gasteiger partial charge on any atom is -0.462 e. The summed E-state index contributed by atoms with van der Waals surface area (Å²) in [5.74, 6) is -1.65. The quantitative estimate of drug-likeness (QED) is 0.0143. The standard InChI is InChI=1S/C83H156N4O19P2/c1-7-13-19-25-29-33-37-43-49-55-77(105-81(92)57-51-45-39-35-31-27-21-15-9-3)67-79(90)86-73(69-99-63-59-75(88)53-47-41-23-17-11-5)71-103-107(95,96)101-65-61-84-83(94)85-62-66-102-108(97,98)104-72-74(70-100-64-60-76(89)54-48-42-24-18-12-6)87-80(91)68-78(56-50-44-38-34-30-26-20-14-8-2)106-82(93)58-52-46-40-36-32-28-22-16-10-4/h35-36,39-40,73-74,77-78H,7-34,37-38,41-72H2,1-6H3,(H,86,90)(H,87,91)(H,95,96)(H,97,98)(H2,84,85,94)/b39-35-,40-36-/t73?,74?,77-,78-/m1/s1. The zero-order valence-corrected chi connectivity index (χ0v) is 70.5. The van der Waals surface area contributed by atoms with Gasteiger partial charge in [0, 0.05) is 51.6 Å². The summed E-state index contributed by atoms with van der Waals surface area (Å²) in [4.78, 5) is 114. The maximum absolute atomic E-state index is 13.8. The predicted molar refractivity (Wildman–Crippen MR) is 433 cm³/mol. The average Bonchev–Trinajstić information content (AvgIpc) is 0.909. The third-order valence-electron chi connectivity index (χ3n) is 18.7. The number of carbonyl (C=O) groups is 7. The summed E-state index contributed by atoms with van der Waals surface area (Å²) in [6.45, 7) is 10.2. The fourth-order valence-corrected chi connectivity index (χ4v) is 13.7. The fraction of sp³-hybridized carbons (Fsp3) is 0.867. The zero-order chi connectivity index (χ0) is 79.5. The number of ketones is 2. The van der Waals surface area contributed by atoms with E-state index in [0.717, 1.165) is 154 Å². The third kappa shape index (κ3) is 72.4. The molecular weight excluding hydrogens is 1420 g/mol. The Kier molecular flexibility index (Phi) is 73.0. The zero-order valence-electron chi connectivity index (χ0n) is 68.7. The Bertz CT molecular complexity index is 2210. The monoisotopic (exact) mass is 1580 g/mol. The highest BCUT2D eigenvalue weighted by molar-refractivity contribution is 7.47. The normalized spacial score (nSPS) is 13.9. The summed E-state index contributed by atoms with van der Waals surface area (Å²) in [6.07, 6.45) is 53.5. The molecule has 0 spiro atoms. The van der Waals surface area contributed by atoms with E-state index in [-0.39, 0.29) is 102 Å². The van der Waals surface area contributed by atoms with Crippen molar-refractivity contribution in [2.75, 3.05) is 65.9 Å². The Labute approximate surface area is 654 Å². The van der Waals surface area contributed by atoms with Crippen LogP contribution in [0, 0.1) is 0 Å². The smallest absolute Gasteiger partial charge is 0.462 e. The number of phosphoric ester groups is 2. The van der Waals surface area contributed by atoms with Crippen LogP contribution in [0.3, 0.4) is 0 Å². The molecule has 0 heterocycles. The van der Waals surface area contributed by atoms with Gasteiger partial charge in [0.05, 0.1) is 77.8 Å². The third-order valence-corrected chi connectivity index (χ3v) is 20.6. The van der Waals surface area contributed by atoms with E-state index in [1.54, 1.807) is 0 Å². The molecule has 0 fully saturated rings. The summed E-state index contributed by atoms with van der Waals surface area (Å²) in [5, 5.41) is 10.5. The van der Waals surface area contributed by atoms with Crippen LogP contribution >= 0.6 is 15.6 Å². The first kappa shape index (κ1) is 104. The van der Waals surface area contributed by atoms with Crippen molar-refractivity contribution in [2.24, 2.45) is 0 Å². The Balaban J connectivity index is 5.84. The van der Waals surface area contributed by atoms with E-state index in [0.29, 0.717) is 38.5 Å². The summed E-state index contributed by atoms with van der Waals surface area (Å²) in [6, 6.07) is -2.74. The largest absolute Gasteiger partial charge is 0.472 e. The number of amides is 4. The summed E-state index contributed by atoms with van der Waals surface area (Å²) < 4.78 is 71.0. The second-order valence-corrected chi connectivity index (χ2v) is 32.2. The van der Waals surface area contributed by atoms with Gasteiger partial charge < -0.3 is 50.0 Å². The molecule has 0 aromatic carbocycles. The molecule has 0 aromatic rings. The van der Waals surface area contributed by atoms with Crippen molar-refractivity contribution >= 4 is 57.0 Å². The van der Waals surface area contributed by atoms with Gasteiger partial charge in [-0.1, -0.05) is 258 Å². The van der Waals surface area contributed by atoms with E-state index in [9.17, 15) is 52.5 Å². The average molecular weight is 1580 g/mol. The number of phosphoric acid groups is 2. The molecule has 632 valence electrons. The van der Waals surface area contributed by atoms with Crippen LogP contribution in [0.5, 0.6) is 0 Å². The summed E-state index contributed by atoms with van der Waals surface area (Å²) in [7, 11) is -9.62. The van der Waals surface area contributed by atoms with Gasteiger partial charge in [-0.25, -0.2) is 13.9 Å². The molecule has 6 atom stereocenters. The highest BCUT2D eigenvalue weighted by Gasteiger charge is 2.29. The minimum atomic E-state index is -4.81. The number of urea groups is 1. The van der Waals surface area contributed by atoms with Crippen molar-refractivity contribution in [3.8, 4) is 0 Å². The topological polar surface area (TPSA) is 316 Å². The van der Waals surface area contributed by atoms with Gasteiger partial charge in [-0.3, -0.25) is 46.9 Å². The highest BCUT2D eigenvalue weighted by Crippen LogP contribution is 2.44. The molecule has 4 amide bonds. The molecule has 0 saturated heterocycles. The van der Waals surface area contributed by atoms with Crippen molar-refractivity contribution in [1.82, 2.24) is 21.3 Å². The first-order chi connectivity index (χ1) is 52.3. The lowest BCUT2D eigenvalue weighted by molar-refractivity contribution is -0.152. The van der Waals surface area contributed by atoms with Crippen molar-refractivity contribution in [3.05, 3.63) is 24.3 Å². The number of carbonyl (C=O) groups excluding carboxylic acids is 7. The molecule has 0 rings (SSSR count). The molecular formula is C83H156N4O19P2. The number of allylic oxidation sites excluding steroid dienone is 4. The fourth-order valence-electron chi connectivity index (χ4n) is 12.2. The summed E-state index contributed by atoms with van der Waals surface area (Å²) in [5.41, 5.74) is 0. The number of nitrogens with one attached hydrogen (secondary N) is 4. The molecule has 25 heteroatoms. The Morgan fingerprint density at radius 2 is 0.630 bits per heavy atom. The molecule has 0 aliphatic heterocycles. The van der Waals surface area contributed by atoms with Gasteiger partial charge in [0.1, 0.15) is 23.8 Å². The molecule has 0 radical (unpaired) electrons. The van der Waals surface area contributed by atoms with Crippen LogP contribution in [0.25, 0.3) is 0 Å². The first-order valence-corrected chi connectivity index (χ1v) is 46.0. The van der Waals surface area contributed by atoms with Gasteiger partial charge in [-0.05, 0) is 89.9 Å². The molecule has 23 nitrogen and oxygen atoms in total. The van der Waals surface area contributed by atoms with E-state index in [1.165, 1.54) is 103 Å². The van der Waals surface area contributed by atoms with Gasteiger partial charge in [-0.2, -0.15) is 0 Å². The van der Waals surface area contributed by atoms with Gasteiger partial charge in [-0.15, -0.1) is 0 Å². The lowest BCUT2D eigenvalue weighted by Gasteiger charge is -2.23. The summed E-state index contributed by atoms with van der Waals surface area (Å²) >= 11 is 0. The first-order valence-electron chi connectivity index (χ1n) is 43.0. The highest BCUT2D eigenvalue weighted by atomic mass is 31.2. The van der Waals surface area contributed by atoms with Gasteiger partial charge in [0.25, 0.3) is 0 Å². The van der Waals surface area contributed by atoms with Gasteiger partial charge >= 0.3 is 33.6 Å². The molecule has 0 aromatic heterocycles. The number of Topliss-reactive ketones (excluding diaryl/α,β-unsaturated/α-hetero) is 2. The molecule has 108 heavy (non-hydrogen) atoms. The van der Waals surface area contributed by atoms with Crippen LogP contribution in [0.1, 0.15) is 375 Å². The van der Waals surface area contributed by atoms with E-state index in [2.05, 4.69) is 87.1 Å². The van der Waals surface area contributed by atoms with Crippen LogP contribution < -0.4 is 21.3 Å². The second-order valence-electron chi connectivity index (χ2n) is 29.3. The van der Waals surface area contributed by atoms with Crippen molar-refractivity contribution in [1.29, 1.82) is 0 Å². The minimum absolute atomic E-state index is 0.0455. The maximum Gasteiger partial charge on any atom is 0.472 e. The SMILES string of the molecule is CCCCCC/C=C\CCCC(=O)O[C@H](CCCCCCCCCCC)CC(=O)NC(COCCC(=O)CCCCCCC)COP(=O)(O)OCCNC(=O)NCCOP(=O)(O)OCC(COCCC(=O)CCCCCCC)NC(=O)C[C@@H](CCCCCCCCCCC)OC(=O)CCC/C=C\CCCCCC. The molecule has 0 aliphatic carbocycles. The van der Waals surface area contributed by atoms with E-state index in [1.807, 2.05) is 0 Å². The van der Waals surface area contributed by atoms with Crippen LogP contribution in [-0.2, 0) is 74.9 Å². The lowest BCUT2D eigenvalue weighted by atomic mass is 10.0. The van der Waals surface area contributed by atoms with Crippen molar-refractivity contribution in [3.63, 3.8) is 0 Å². The Morgan fingerprint density at radius 1 is 0.333 bits per heavy atom. The Morgan fingerprint density at radius 3 is 0.963 bits per heavy atom. The van der Waals surface area contributed by atoms with Crippen molar-refractivity contribution in [2.45, 2.75) is 400 Å². The number of rotatable bonds is 82. The van der Waals surface area contributed by atoms with E-state index < -0.39 is 84.2 Å².